The second-order valence-corrected chi connectivity index (χ2v) is 3.09. The molecule has 1 unspecified atom stereocenters. The van der Waals surface area contributed by atoms with Gasteiger partial charge >= 0.3 is 0 Å². The van der Waals surface area contributed by atoms with Gasteiger partial charge in [0.05, 0.1) is 11.0 Å². The third-order valence-corrected chi connectivity index (χ3v) is 2.15. The number of nitrogens with two attached hydrogens (primary N) is 1. The van der Waals surface area contributed by atoms with Gasteiger partial charge in [-0.1, -0.05) is 12.0 Å². The Bertz CT molecular complexity index is 392. The van der Waals surface area contributed by atoms with E-state index in [-0.39, 0.29) is 11.4 Å². The Kier molecular flexibility index (Phi) is 2.86. The molecule has 0 heterocycles. The molecule has 0 saturated heterocycles. The molecule has 0 radical (unpaired) electrons. The number of hydrogen-bond acceptors (Lipinski definition) is 3. The summed E-state index contributed by atoms with van der Waals surface area (Å²) in [6.45, 7) is 0.415. The number of carbonyl (C=O) groups is 1. The molecule has 3 nitrogen and oxygen atoms in total. The first-order valence-electron chi connectivity index (χ1n) is 4.22. The normalized spacial score (nSPS) is 25.1. The number of terminal acetylenes is 1. The smallest absolute Gasteiger partial charge is 0.195 e. The van der Waals surface area contributed by atoms with E-state index in [1.54, 1.807) is 6.08 Å². The van der Waals surface area contributed by atoms with Gasteiger partial charge < -0.3 is 5.73 Å². The van der Waals surface area contributed by atoms with E-state index in [1.165, 1.54) is 12.2 Å². The van der Waals surface area contributed by atoms with Crippen LogP contribution in [0.15, 0.2) is 23.8 Å². The predicted molar refractivity (Wildman–Crippen MR) is 52.8 cm³/mol. The maximum absolute atomic E-state index is 11.2. The second kappa shape index (κ2) is 3.91. The number of carbonyl (C=O) groups excluding carboxylic acids is 1. The van der Waals surface area contributed by atoms with Gasteiger partial charge in [-0.3, -0.25) is 4.79 Å². The summed E-state index contributed by atoms with van der Waals surface area (Å²) in [6, 6.07) is 1.83. The number of rotatable bonds is 2. The van der Waals surface area contributed by atoms with Gasteiger partial charge in [-0.2, -0.15) is 5.26 Å². The van der Waals surface area contributed by atoms with Crippen LogP contribution in [-0.2, 0) is 4.79 Å². The number of hydrogen-bond donors (Lipinski definition) is 1. The summed E-state index contributed by atoms with van der Waals surface area (Å²) in [4.78, 5) is 11.2. The van der Waals surface area contributed by atoms with Crippen LogP contribution in [0, 0.1) is 29.1 Å². The van der Waals surface area contributed by atoms with Gasteiger partial charge in [0, 0.05) is 0 Å². The molecule has 3 heteroatoms. The van der Waals surface area contributed by atoms with E-state index in [0.717, 1.165) is 0 Å². The zero-order valence-electron chi connectivity index (χ0n) is 7.66. The van der Waals surface area contributed by atoms with Gasteiger partial charge in [0.15, 0.2) is 5.78 Å². The topological polar surface area (TPSA) is 66.9 Å². The summed E-state index contributed by atoms with van der Waals surface area (Å²) in [6.07, 6.45) is 10.4. The Morgan fingerprint density at radius 2 is 2.36 bits per heavy atom. The minimum Gasteiger partial charge on any atom is -0.330 e. The number of nitriles is 1. The molecule has 0 spiro atoms. The van der Waals surface area contributed by atoms with Crippen molar-refractivity contribution in [2.24, 2.45) is 11.1 Å². The van der Waals surface area contributed by atoms with E-state index >= 15 is 0 Å². The SMILES string of the molecule is C#CC1(CCN)C=CC(=O)C(C#N)=C1. The van der Waals surface area contributed by atoms with Crippen LogP contribution in [0.1, 0.15) is 6.42 Å². The summed E-state index contributed by atoms with van der Waals surface area (Å²) in [7, 11) is 0. The Labute approximate surface area is 82.9 Å². The number of nitrogens with zero attached hydrogens (tertiary/aromatic N) is 1. The minimum atomic E-state index is -0.659. The fraction of sp³-hybridized carbons (Fsp3) is 0.273. The molecular formula is C11H10N2O. The zero-order chi connectivity index (χ0) is 10.6. The highest BCUT2D eigenvalue weighted by Gasteiger charge is 2.27. The molecule has 1 aliphatic rings. The van der Waals surface area contributed by atoms with Crippen LogP contribution in [0.3, 0.4) is 0 Å². The molecule has 14 heavy (non-hydrogen) atoms. The molecule has 0 aromatic carbocycles. The van der Waals surface area contributed by atoms with Gasteiger partial charge in [0.2, 0.25) is 0 Å². The molecule has 0 fully saturated rings. The van der Waals surface area contributed by atoms with E-state index in [9.17, 15) is 4.79 Å². The molecule has 0 saturated carbocycles. The van der Waals surface area contributed by atoms with E-state index < -0.39 is 5.41 Å². The Hall–Kier alpha value is -1.84. The highest BCUT2D eigenvalue weighted by molar-refractivity contribution is 6.08. The molecule has 2 N–H and O–H groups in total. The molecule has 1 atom stereocenters. The second-order valence-electron chi connectivity index (χ2n) is 3.09. The fourth-order valence-electron chi connectivity index (χ4n) is 1.33. The molecular weight excluding hydrogens is 176 g/mol. The molecule has 0 aliphatic heterocycles. The first-order chi connectivity index (χ1) is 6.67. The third-order valence-electron chi connectivity index (χ3n) is 2.15. The number of ketones is 1. The lowest BCUT2D eigenvalue weighted by Crippen LogP contribution is -2.22. The van der Waals surface area contributed by atoms with Gasteiger partial charge in [0.25, 0.3) is 0 Å². The Morgan fingerprint density at radius 1 is 1.64 bits per heavy atom. The van der Waals surface area contributed by atoms with Crippen LogP contribution in [0.4, 0.5) is 0 Å². The molecule has 70 valence electrons. The van der Waals surface area contributed by atoms with Crippen LogP contribution >= 0.6 is 0 Å². The molecule has 1 rings (SSSR count). The zero-order valence-corrected chi connectivity index (χ0v) is 7.66. The summed E-state index contributed by atoms with van der Waals surface area (Å²) in [5, 5.41) is 8.68. The van der Waals surface area contributed by atoms with Crippen molar-refractivity contribution in [2.75, 3.05) is 6.54 Å². The summed E-state index contributed by atoms with van der Waals surface area (Å²) in [5.74, 6) is 2.26. The van der Waals surface area contributed by atoms with Crippen LogP contribution in [0.5, 0.6) is 0 Å². The number of allylic oxidation sites excluding steroid dienone is 4. The van der Waals surface area contributed by atoms with Crippen molar-refractivity contribution in [3.63, 3.8) is 0 Å². The van der Waals surface area contributed by atoms with E-state index in [4.69, 9.17) is 17.4 Å². The quantitative estimate of drug-likeness (QED) is 0.640. The summed E-state index contributed by atoms with van der Waals surface area (Å²) in [5.41, 5.74) is 4.85. The highest BCUT2D eigenvalue weighted by atomic mass is 16.1. The van der Waals surface area contributed by atoms with Gasteiger partial charge in [-0.15, -0.1) is 6.42 Å². The first-order valence-corrected chi connectivity index (χ1v) is 4.22. The van der Waals surface area contributed by atoms with E-state index in [0.29, 0.717) is 13.0 Å². The molecule has 0 aromatic heterocycles. The maximum atomic E-state index is 11.2. The lowest BCUT2D eigenvalue weighted by atomic mass is 9.79. The van der Waals surface area contributed by atoms with Crippen molar-refractivity contribution < 1.29 is 4.79 Å². The van der Waals surface area contributed by atoms with Crippen molar-refractivity contribution in [3.8, 4) is 18.4 Å². The van der Waals surface area contributed by atoms with Crippen molar-refractivity contribution >= 4 is 5.78 Å². The minimum absolute atomic E-state index is 0.0962. The third kappa shape index (κ3) is 1.74. The monoisotopic (exact) mass is 186 g/mol. The summed E-state index contributed by atoms with van der Waals surface area (Å²) >= 11 is 0. The van der Waals surface area contributed by atoms with Crippen molar-refractivity contribution in [1.29, 1.82) is 5.26 Å². The first kappa shape index (κ1) is 10.2. The van der Waals surface area contributed by atoms with Crippen LogP contribution in [0.25, 0.3) is 0 Å². The van der Waals surface area contributed by atoms with E-state index in [2.05, 4.69) is 5.92 Å². The van der Waals surface area contributed by atoms with Gasteiger partial charge in [-0.05, 0) is 25.1 Å². The lowest BCUT2D eigenvalue weighted by Gasteiger charge is -2.22. The maximum Gasteiger partial charge on any atom is 0.195 e. The van der Waals surface area contributed by atoms with Crippen LogP contribution in [-0.4, -0.2) is 12.3 Å². The molecule has 0 aromatic rings. The Morgan fingerprint density at radius 3 is 2.86 bits per heavy atom. The predicted octanol–water partition coefficient (Wildman–Crippen LogP) is 0.544. The lowest BCUT2D eigenvalue weighted by molar-refractivity contribution is -0.111. The van der Waals surface area contributed by atoms with Crippen LogP contribution in [0.2, 0.25) is 0 Å². The average molecular weight is 186 g/mol. The van der Waals surface area contributed by atoms with Crippen molar-refractivity contribution in [3.05, 3.63) is 23.8 Å². The van der Waals surface area contributed by atoms with Crippen LogP contribution < -0.4 is 5.73 Å². The molecule has 1 aliphatic carbocycles. The van der Waals surface area contributed by atoms with Crippen molar-refractivity contribution in [1.82, 2.24) is 0 Å². The molecule has 0 bridgehead atoms. The molecule has 0 amide bonds. The average Bonchev–Trinajstić information content (AvgIpc) is 2.22. The fourth-order valence-corrected chi connectivity index (χ4v) is 1.33. The van der Waals surface area contributed by atoms with Gasteiger partial charge in [-0.25, -0.2) is 0 Å². The Balaban J connectivity index is 3.10. The standard InChI is InChI=1S/C11H10N2O/c1-2-11(5-6-12)4-3-10(14)9(7-11)8-13/h1,3-4,7H,5-6,12H2. The van der Waals surface area contributed by atoms with Crippen molar-refractivity contribution in [2.45, 2.75) is 6.42 Å². The van der Waals surface area contributed by atoms with Gasteiger partial charge in [0.1, 0.15) is 6.07 Å². The largest absolute Gasteiger partial charge is 0.330 e. The van der Waals surface area contributed by atoms with E-state index in [1.807, 2.05) is 6.07 Å². The summed E-state index contributed by atoms with van der Waals surface area (Å²) < 4.78 is 0. The highest BCUT2D eigenvalue weighted by Crippen LogP contribution is 2.29.